The molecule has 1 aliphatic heterocycles. The number of carbonyl (C=O) groups excluding carboxylic acids is 1. The third-order valence-corrected chi connectivity index (χ3v) is 5.00. The summed E-state index contributed by atoms with van der Waals surface area (Å²) in [5, 5.41) is 3.08. The number of fused-ring (bicyclic) bond motifs is 1. The van der Waals surface area contributed by atoms with E-state index < -0.39 is 0 Å². The number of nitrogens with one attached hydrogen (secondary N) is 1. The van der Waals surface area contributed by atoms with E-state index in [2.05, 4.69) is 36.7 Å². The van der Waals surface area contributed by atoms with Gasteiger partial charge < -0.3 is 9.47 Å². The topological polar surface area (TPSA) is 75.9 Å². The first kappa shape index (κ1) is 17.5. The predicted octanol–water partition coefficient (Wildman–Crippen LogP) is 3.09. The Hall–Kier alpha value is -2.96. The van der Waals surface area contributed by atoms with Gasteiger partial charge in [0.05, 0.1) is 23.1 Å². The lowest BCUT2D eigenvalue weighted by molar-refractivity contribution is -0.120. The highest BCUT2D eigenvalue weighted by Crippen LogP contribution is 2.24. The predicted molar refractivity (Wildman–Crippen MR) is 106 cm³/mol. The van der Waals surface area contributed by atoms with Crippen LogP contribution in [0.4, 0.5) is 11.8 Å². The van der Waals surface area contributed by atoms with Crippen LogP contribution in [0.25, 0.3) is 11.0 Å². The van der Waals surface area contributed by atoms with Gasteiger partial charge in [-0.1, -0.05) is 19.1 Å². The molecule has 2 aromatic heterocycles. The standard InChI is InChI=1S/C20H24N6O/c1-2-11-26-17-8-4-3-7-16(17)23-20(26)24-19(27)15-6-5-12-25(14-15)18-13-21-9-10-22-18/h3-4,7-10,13,15H,2,5-6,11-12,14H2,1H3,(H,23,24,27)/t15-/m0/s1. The molecule has 0 spiro atoms. The summed E-state index contributed by atoms with van der Waals surface area (Å²) in [7, 11) is 0. The van der Waals surface area contributed by atoms with E-state index in [1.807, 2.05) is 24.3 Å². The summed E-state index contributed by atoms with van der Waals surface area (Å²) in [6.07, 6.45) is 7.91. The molecule has 0 unspecified atom stereocenters. The summed E-state index contributed by atoms with van der Waals surface area (Å²) in [6.45, 7) is 4.50. The van der Waals surface area contributed by atoms with Gasteiger partial charge in [-0.15, -0.1) is 0 Å². The number of hydrogen-bond donors (Lipinski definition) is 1. The van der Waals surface area contributed by atoms with Crippen molar-refractivity contribution in [2.24, 2.45) is 5.92 Å². The van der Waals surface area contributed by atoms with E-state index in [1.54, 1.807) is 18.6 Å². The molecule has 0 saturated carbocycles. The number of anilines is 2. The second-order valence-electron chi connectivity index (χ2n) is 6.91. The van der Waals surface area contributed by atoms with Crippen LogP contribution in [0.15, 0.2) is 42.9 Å². The fraction of sp³-hybridized carbons (Fsp3) is 0.400. The SMILES string of the molecule is CCCn1c(NC(=O)[C@H]2CCCN(c3cnccn3)C2)nc2ccccc21. The van der Waals surface area contributed by atoms with Gasteiger partial charge in [0.2, 0.25) is 11.9 Å². The highest BCUT2D eigenvalue weighted by Gasteiger charge is 2.27. The first-order valence-corrected chi connectivity index (χ1v) is 9.53. The second-order valence-corrected chi connectivity index (χ2v) is 6.91. The monoisotopic (exact) mass is 364 g/mol. The van der Waals surface area contributed by atoms with Gasteiger partial charge in [0.25, 0.3) is 0 Å². The van der Waals surface area contributed by atoms with Crippen molar-refractivity contribution in [2.45, 2.75) is 32.7 Å². The third kappa shape index (κ3) is 3.63. The molecule has 1 saturated heterocycles. The summed E-state index contributed by atoms with van der Waals surface area (Å²) in [5.41, 5.74) is 1.96. The molecule has 0 aliphatic carbocycles. The van der Waals surface area contributed by atoms with Gasteiger partial charge in [0.15, 0.2) is 0 Å². The van der Waals surface area contributed by atoms with Crippen molar-refractivity contribution in [3.05, 3.63) is 42.9 Å². The number of aromatic nitrogens is 4. The van der Waals surface area contributed by atoms with Gasteiger partial charge in [-0.3, -0.25) is 15.1 Å². The Labute approximate surface area is 158 Å². The van der Waals surface area contributed by atoms with Gasteiger partial charge in [0.1, 0.15) is 5.82 Å². The molecule has 0 bridgehead atoms. The summed E-state index contributed by atoms with van der Waals surface area (Å²) in [4.78, 5) is 28.2. The van der Waals surface area contributed by atoms with E-state index in [4.69, 9.17) is 0 Å². The van der Waals surface area contributed by atoms with E-state index in [0.717, 1.165) is 49.2 Å². The quantitative estimate of drug-likeness (QED) is 0.753. The van der Waals surface area contributed by atoms with Crippen LogP contribution in [-0.4, -0.2) is 38.5 Å². The zero-order chi connectivity index (χ0) is 18.6. The number of hydrogen-bond acceptors (Lipinski definition) is 5. The summed E-state index contributed by atoms with van der Waals surface area (Å²) in [6, 6.07) is 8.00. The van der Waals surface area contributed by atoms with Crippen LogP contribution in [-0.2, 0) is 11.3 Å². The van der Waals surface area contributed by atoms with E-state index in [0.29, 0.717) is 12.5 Å². The number of nitrogens with zero attached hydrogens (tertiary/aromatic N) is 5. The summed E-state index contributed by atoms with van der Waals surface area (Å²) in [5.74, 6) is 1.40. The molecule has 7 nitrogen and oxygen atoms in total. The minimum atomic E-state index is -0.0874. The Kier molecular flexibility index (Phi) is 5.00. The molecule has 0 radical (unpaired) electrons. The summed E-state index contributed by atoms with van der Waals surface area (Å²) >= 11 is 0. The van der Waals surface area contributed by atoms with Crippen LogP contribution in [0.3, 0.4) is 0 Å². The zero-order valence-corrected chi connectivity index (χ0v) is 15.5. The normalized spacial score (nSPS) is 17.2. The largest absolute Gasteiger partial charge is 0.355 e. The number of imidazole rings is 1. The molecule has 1 fully saturated rings. The van der Waals surface area contributed by atoms with E-state index in [9.17, 15) is 4.79 Å². The maximum absolute atomic E-state index is 13.0. The molecule has 27 heavy (non-hydrogen) atoms. The summed E-state index contributed by atoms with van der Waals surface area (Å²) < 4.78 is 2.09. The molecule has 1 N–H and O–H groups in total. The average molecular weight is 364 g/mol. The fourth-order valence-corrected chi connectivity index (χ4v) is 3.69. The van der Waals surface area contributed by atoms with Gasteiger partial charge in [0, 0.05) is 32.0 Å². The molecule has 1 atom stereocenters. The van der Waals surface area contributed by atoms with Crippen LogP contribution in [0, 0.1) is 5.92 Å². The van der Waals surface area contributed by atoms with Crippen LogP contribution in [0.1, 0.15) is 26.2 Å². The van der Waals surface area contributed by atoms with Crippen LogP contribution >= 0.6 is 0 Å². The maximum atomic E-state index is 13.0. The van der Waals surface area contributed by atoms with Crippen LogP contribution in [0.5, 0.6) is 0 Å². The second kappa shape index (κ2) is 7.73. The Morgan fingerprint density at radius 1 is 1.30 bits per heavy atom. The van der Waals surface area contributed by atoms with Crippen LogP contribution < -0.4 is 10.2 Å². The molecule has 7 heteroatoms. The number of carbonyl (C=O) groups is 1. The molecule has 4 rings (SSSR count). The van der Waals surface area contributed by atoms with Gasteiger partial charge in [-0.05, 0) is 31.4 Å². The van der Waals surface area contributed by atoms with Crippen LogP contribution in [0.2, 0.25) is 0 Å². The Morgan fingerprint density at radius 2 is 2.19 bits per heavy atom. The Morgan fingerprint density at radius 3 is 3.00 bits per heavy atom. The number of rotatable bonds is 5. The van der Waals surface area contributed by atoms with Crippen molar-refractivity contribution in [1.29, 1.82) is 0 Å². The third-order valence-electron chi connectivity index (χ3n) is 5.00. The van der Waals surface area contributed by atoms with Crippen molar-refractivity contribution in [1.82, 2.24) is 19.5 Å². The Bertz CT molecular complexity index is 923. The zero-order valence-electron chi connectivity index (χ0n) is 15.5. The van der Waals surface area contributed by atoms with Crippen molar-refractivity contribution in [2.75, 3.05) is 23.3 Å². The number of aryl methyl sites for hydroxylation is 1. The minimum absolute atomic E-state index is 0.0243. The van der Waals surface area contributed by atoms with E-state index in [-0.39, 0.29) is 11.8 Å². The molecule has 3 heterocycles. The highest BCUT2D eigenvalue weighted by atomic mass is 16.2. The highest BCUT2D eigenvalue weighted by molar-refractivity contribution is 5.93. The molecule has 1 amide bonds. The number of benzene rings is 1. The van der Waals surface area contributed by atoms with Crippen molar-refractivity contribution < 1.29 is 4.79 Å². The van der Waals surface area contributed by atoms with Crippen molar-refractivity contribution >= 4 is 28.7 Å². The first-order valence-electron chi connectivity index (χ1n) is 9.53. The minimum Gasteiger partial charge on any atom is -0.355 e. The van der Waals surface area contributed by atoms with Gasteiger partial charge >= 0.3 is 0 Å². The average Bonchev–Trinajstić information content (AvgIpc) is 3.06. The lowest BCUT2D eigenvalue weighted by Crippen LogP contribution is -2.41. The molecule has 3 aromatic rings. The molecule has 1 aromatic carbocycles. The lowest BCUT2D eigenvalue weighted by atomic mass is 9.97. The smallest absolute Gasteiger partial charge is 0.231 e. The molecular formula is C20H24N6O. The first-order chi connectivity index (χ1) is 13.3. The molecule has 1 aliphatic rings. The lowest BCUT2D eigenvalue weighted by Gasteiger charge is -2.32. The number of para-hydroxylation sites is 2. The molecule has 140 valence electrons. The van der Waals surface area contributed by atoms with E-state index in [1.165, 1.54) is 0 Å². The Balaban J connectivity index is 1.52. The number of piperidine rings is 1. The number of amides is 1. The fourth-order valence-electron chi connectivity index (χ4n) is 3.69. The van der Waals surface area contributed by atoms with E-state index >= 15 is 0 Å². The van der Waals surface area contributed by atoms with Gasteiger partial charge in [-0.2, -0.15) is 0 Å². The van der Waals surface area contributed by atoms with Crippen molar-refractivity contribution in [3.63, 3.8) is 0 Å². The maximum Gasteiger partial charge on any atom is 0.231 e. The molecular weight excluding hydrogens is 340 g/mol. The van der Waals surface area contributed by atoms with Crippen molar-refractivity contribution in [3.8, 4) is 0 Å². The van der Waals surface area contributed by atoms with Gasteiger partial charge in [-0.25, -0.2) is 9.97 Å².